The molecule has 0 radical (unpaired) electrons. The summed E-state index contributed by atoms with van der Waals surface area (Å²) in [7, 11) is -3.95. The van der Waals surface area contributed by atoms with Gasteiger partial charge in [-0.2, -0.15) is 4.72 Å². The SMILES string of the molecule is Cc1ccc(S(=O)(=O)N[C@@H](Cc2c[nH]c3ccccc23)C(=O)O)c(C)c1. The van der Waals surface area contributed by atoms with Crippen molar-refractivity contribution in [3.05, 3.63) is 65.4 Å². The maximum absolute atomic E-state index is 12.7. The lowest BCUT2D eigenvalue weighted by molar-refractivity contribution is -0.138. The number of carbonyl (C=O) groups is 1. The predicted octanol–water partition coefficient (Wildman–Crippen LogP) is 2.76. The Kier molecular flexibility index (Phi) is 4.84. The molecule has 0 aliphatic rings. The highest BCUT2D eigenvalue weighted by Crippen LogP contribution is 2.21. The maximum Gasteiger partial charge on any atom is 0.322 e. The monoisotopic (exact) mass is 372 g/mol. The number of aromatic amines is 1. The lowest BCUT2D eigenvalue weighted by atomic mass is 10.1. The maximum atomic E-state index is 12.7. The fourth-order valence-corrected chi connectivity index (χ4v) is 4.47. The lowest BCUT2D eigenvalue weighted by Gasteiger charge is -2.16. The molecule has 0 unspecified atom stereocenters. The molecular weight excluding hydrogens is 352 g/mol. The van der Waals surface area contributed by atoms with E-state index in [0.29, 0.717) is 5.56 Å². The molecule has 0 amide bonds. The Morgan fingerprint density at radius 2 is 1.92 bits per heavy atom. The zero-order valence-corrected chi connectivity index (χ0v) is 15.3. The van der Waals surface area contributed by atoms with Crippen LogP contribution in [0.25, 0.3) is 10.9 Å². The number of aliphatic carboxylic acids is 1. The summed E-state index contributed by atoms with van der Waals surface area (Å²) >= 11 is 0. The largest absolute Gasteiger partial charge is 0.480 e. The summed E-state index contributed by atoms with van der Waals surface area (Å²) in [6.45, 7) is 3.56. The Hall–Kier alpha value is -2.64. The van der Waals surface area contributed by atoms with Crippen molar-refractivity contribution in [2.75, 3.05) is 0 Å². The second-order valence-electron chi connectivity index (χ2n) is 6.34. The van der Waals surface area contributed by atoms with Gasteiger partial charge in [0.15, 0.2) is 0 Å². The standard InChI is InChI=1S/C19H20N2O4S/c1-12-7-8-18(13(2)9-12)26(24,25)21-17(19(22)23)10-14-11-20-16-6-4-3-5-15(14)16/h3-9,11,17,20-21H,10H2,1-2H3,(H,22,23)/t17-/m0/s1. The van der Waals surface area contributed by atoms with E-state index >= 15 is 0 Å². The van der Waals surface area contributed by atoms with Crippen LogP contribution in [0.1, 0.15) is 16.7 Å². The van der Waals surface area contributed by atoms with Crippen LogP contribution < -0.4 is 4.72 Å². The summed E-state index contributed by atoms with van der Waals surface area (Å²) in [6, 6.07) is 11.2. The number of H-pyrrole nitrogens is 1. The Morgan fingerprint density at radius 3 is 2.62 bits per heavy atom. The molecule has 0 aliphatic heterocycles. The lowest BCUT2D eigenvalue weighted by Crippen LogP contribution is -2.42. The van der Waals surface area contributed by atoms with E-state index in [1.807, 2.05) is 31.2 Å². The van der Waals surface area contributed by atoms with E-state index < -0.39 is 22.0 Å². The highest BCUT2D eigenvalue weighted by Gasteiger charge is 2.27. The van der Waals surface area contributed by atoms with E-state index in [0.717, 1.165) is 22.0 Å². The van der Waals surface area contributed by atoms with Gasteiger partial charge in [0.2, 0.25) is 10.0 Å². The van der Waals surface area contributed by atoms with Gasteiger partial charge >= 0.3 is 5.97 Å². The molecule has 6 nitrogen and oxygen atoms in total. The van der Waals surface area contributed by atoms with Crippen LogP contribution in [0.3, 0.4) is 0 Å². The van der Waals surface area contributed by atoms with E-state index in [-0.39, 0.29) is 11.3 Å². The predicted molar refractivity (Wildman–Crippen MR) is 99.7 cm³/mol. The number of aromatic nitrogens is 1. The summed E-state index contributed by atoms with van der Waals surface area (Å²) < 4.78 is 27.7. The first kappa shape index (κ1) is 18.2. The van der Waals surface area contributed by atoms with Crippen LogP contribution in [0, 0.1) is 13.8 Å². The molecule has 0 aliphatic carbocycles. The molecule has 0 fully saturated rings. The smallest absolute Gasteiger partial charge is 0.322 e. The molecule has 3 aromatic rings. The Bertz CT molecular complexity index is 1070. The van der Waals surface area contributed by atoms with Crippen molar-refractivity contribution in [1.82, 2.24) is 9.71 Å². The van der Waals surface area contributed by atoms with Crippen LogP contribution in [-0.2, 0) is 21.2 Å². The van der Waals surface area contributed by atoms with Crippen molar-refractivity contribution in [2.45, 2.75) is 31.2 Å². The Balaban J connectivity index is 1.90. The van der Waals surface area contributed by atoms with E-state index in [2.05, 4.69) is 9.71 Å². The minimum atomic E-state index is -3.95. The van der Waals surface area contributed by atoms with Gasteiger partial charge in [-0.3, -0.25) is 4.79 Å². The van der Waals surface area contributed by atoms with Crippen LogP contribution >= 0.6 is 0 Å². The summed E-state index contributed by atoms with van der Waals surface area (Å²) in [5, 5.41) is 10.4. The third kappa shape index (κ3) is 3.63. The number of carboxylic acid groups (broad SMARTS) is 1. The molecule has 0 saturated heterocycles. The molecule has 136 valence electrons. The van der Waals surface area contributed by atoms with Crippen molar-refractivity contribution in [3.8, 4) is 0 Å². The van der Waals surface area contributed by atoms with E-state index in [4.69, 9.17) is 0 Å². The van der Waals surface area contributed by atoms with Crippen LogP contribution in [0.2, 0.25) is 0 Å². The third-order valence-corrected chi connectivity index (χ3v) is 5.95. The first-order valence-corrected chi connectivity index (χ1v) is 9.63. The molecule has 1 atom stereocenters. The number of aryl methyl sites for hydroxylation is 2. The third-order valence-electron chi connectivity index (χ3n) is 4.31. The van der Waals surface area contributed by atoms with E-state index in [1.54, 1.807) is 25.3 Å². The second kappa shape index (κ2) is 6.93. The topological polar surface area (TPSA) is 99.3 Å². The van der Waals surface area contributed by atoms with Crippen molar-refractivity contribution < 1.29 is 18.3 Å². The van der Waals surface area contributed by atoms with E-state index in [9.17, 15) is 18.3 Å². The van der Waals surface area contributed by atoms with Gasteiger partial charge in [0.1, 0.15) is 6.04 Å². The fraction of sp³-hybridized carbons (Fsp3) is 0.211. The van der Waals surface area contributed by atoms with Crippen molar-refractivity contribution in [3.63, 3.8) is 0 Å². The number of para-hydroxylation sites is 1. The van der Waals surface area contributed by atoms with Crippen molar-refractivity contribution >= 4 is 26.9 Å². The number of fused-ring (bicyclic) bond motifs is 1. The quantitative estimate of drug-likeness (QED) is 0.619. The van der Waals surface area contributed by atoms with Gasteiger partial charge in [0.05, 0.1) is 4.90 Å². The molecule has 26 heavy (non-hydrogen) atoms. The number of hydrogen-bond donors (Lipinski definition) is 3. The first-order valence-electron chi connectivity index (χ1n) is 8.15. The van der Waals surface area contributed by atoms with E-state index in [1.165, 1.54) is 6.07 Å². The molecule has 3 N–H and O–H groups in total. The molecule has 0 saturated carbocycles. The van der Waals surface area contributed by atoms with Crippen LogP contribution in [0.4, 0.5) is 0 Å². The molecule has 3 rings (SSSR count). The molecule has 0 spiro atoms. The fourth-order valence-electron chi connectivity index (χ4n) is 3.05. The zero-order valence-electron chi connectivity index (χ0n) is 14.5. The summed E-state index contributed by atoms with van der Waals surface area (Å²) in [5.74, 6) is -1.22. The molecule has 2 aromatic carbocycles. The molecular formula is C19H20N2O4S. The summed E-state index contributed by atoms with van der Waals surface area (Å²) in [6.07, 6.45) is 1.76. The van der Waals surface area contributed by atoms with Gasteiger partial charge in [-0.25, -0.2) is 8.42 Å². The number of rotatable bonds is 6. The summed E-state index contributed by atoms with van der Waals surface area (Å²) in [4.78, 5) is 14.8. The van der Waals surface area contributed by atoms with Crippen LogP contribution in [-0.4, -0.2) is 30.5 Å². The second-order valence-corrected chi connectivity index (χ2v) is 8.03. The van der Waals surface area contributed by atoms with Gasteiger partial charge in [-0.1, -0.05) is 35.9 Å². The number of carboxylic acids is 1. The average molecular weight is 372 g/mol. The molecule has 7 heteroatoms. The van der Waals surface area contributed by atoms with Gasteiger partial charge < -0.3 is 10.1 Å². The Morgan fingerprint density at radius 1 is 1.19 bits per heavy atom. The molecule has 1 heterocycles. The molecule has 0 bridgehead atoms. The Labute approximate surface area is 151 Å². The number of sulfonamides is 1. The highest BCUT2D eigenvalue weighted by molar-refractivity contribution is 7.89. The van der Waals surface area contributed by atoms with Gasteiger partial charge in [-0.15, -0.1) is 0 Å². The van der Waals surface area contributed by atoms with Crippen molar-refractivity contribution in [1.29, 1.82) is 0 Å². The van der Waals surface area contributed by atoms with Crippen molar-refractivity contribution in [2.24, 2.45) is 0 Å². The minimum absolute atomic E-state index is 0.0451. The number of benzene rings is 2. The number of nitrogens with one attached hydrogen (secondary N) is 2. The number of hydrogen-bond acceptors (Lipinski definition) is 3. The zero-order chi connectivity index (χ0) is 18.9. The molecule has 1 aromatic heterocycles. The highest BCUT2D eigenvalue weighted by atomic mass is 32.2. The van der Waals surface area contributed by atoms with Crippen LogP contribution in [0.15, 0.2) is 53.6 Å². The van der Waals surface area contributed by atoms with Gasteiger partial charge in [0, 0.05) is 23.5 Å². The van der Waals surface area contributed by atoms with Gasteiger partial charge in [-0.05, 0) is 37.1 Å². The first-order chi connectivity index (χ1) is 12.3. The minimum Gasteiger partial charge on any atom is -0.480 e. The average Bonchev–Trinajstić information content (AvgIpc) is 2.97. The van der Waals surface area contributed by atoms with Gasteiger partial charge in [0.25, 0.3) is 0 Å². The van der Waals surface area contributed by atoms with Crippen LogP contribution in [0.5, 0.6) is 0 Å². The normalized spacial score (nSPS) is 13.0. The summed E-state index contributed by atoms with van der Waals surface area (Å²) in [5.41, 5.74) is 3.14.